The van der Waals surface area contributed by atoms with Crippen LogP contribution in [0.25, 0.3) is 0 Å². The van der Waals surface area contributed by atoms with Gasteiger partial charge in [-0.05, 0) is 18.2 Å². The van der Waals surface area contributed by atoms with E-state index in [1.807, 2.05) is 0 Å². The van der Waals surface area contributed by atoms with E-state index in [1.165, 1.54) is 17.3 Å². The molecule has 1 aromatic carbocycles. The van der Waals surface area contributed by atoms with Gasteiger partial charge in [0.2, 0.25) is 0 Å². The van der Waals surface area contributed by atoms with Crippen LogP contribution in [-0.4, -0.2) is 75.5 Å². The highest BCUT2D eigenvalue weighted by molar-refractivity contribution is 5.90. The first-order valence-electron chi connectivity index (χ1n) is 8.30. The topological polar surface area (TPSA) is 123 Å². The zero-order valence-corrected chi connectivity index (χ0v) is 14.2. The van der Waals surface area contributed by atoms with E-state index in [-0.39, 0.29) is 13.2 Å². The van der Waals surface area contributed by atoms with Gasteiger partial charge in [0.05, 0.1) is 37.6 Å². The molecule has 1 saturated heterocycles. The Balaban J connectivity index is 1.45. The van der Waals surface area contributed by atoms with Gasteiger partial charge < -0.3 is 14.7 Å². The molecule has 2 aliphatic heterocycles. The maximum atomic E-state index is 14.6. The van der Waals surface area contributed by atoms with E-state index in [9.17, 15) is 9.18 Å². The van der Waals surface area contributed by atoms with E-state index in [0.29, 0.717) is 36.8 Å². The van der Waals surface area contributed by atoms with Crippen molar-refractivity contribution in [3.8, 4) is 0 Å². The number of carbonyl (C=O) groups excluding carboxylic acids is 1. The first-order valence-corrected chi connectivity index (χ1v) is 8.30. The van der Waals surface area contributed by atoms with Crippen molar-refractivity contribution in [2.24, 2.45) is 5.10 Å². The van der Waals surface area contributed by atoms with Crippen LogP contribution in [-0.2, 0) is 11.3 Å². The number of aliphatic hydroxyl groups excluding tert-OH is 1. The van der Waals surface area contributed by atoms with E-state index in [1.54, 1.807) is 22.0 Å². The van der Waals surface area contributed by atoms with Gasteiger partial charge in [0.25, 0.3) is 0 Å². The lowest BCUT2D eigenvalue weighted by Crippen LogP contribution is -2.38. The van der Waals surface area contributed by atoms with E-state index in [0.717, 1.165) is 0 Å². The van der Waals surface area contributed by atoms with Crippen molar-refractivity contribution >= 4 is 23.8 Å². The smallest absolute Gasteiger partial charge is 0.414 e. The van der Waals surface area contributed by atoms with Gasteiger partial charge in [-0.2, -0.15) is 10.3 Å². The number of hydrogen-bond donors (Lipinski definition) is 2. The molecule has 142 valence electrons. The fraction of sp³-hybridized carbons (Fsp3) is 0.400. The summed E-state index contributed by atoms with van der Waals surface area (Å²) in [6.45, 7) is 1.40. The Hall–Kier alpha value is -3.28. The zero-order chi connectivity index (χ0) is 18.8. The van der Waals surface area contributed by atoms with Crippen molar-refractivity contribution in [3.05, 3.63) is 29.8 Å². The minimum absolute atomic E-state index is 0.185. The standard InChI is InChI=1S/C15H17FN8O3/c16-12-5-10(24-6-11(8-25)27-15(24)26)1-2-13(12)22-3-4-23(17-9-22)7-14-18-20-21-19-14/h1-2,5,9,11,25H,3-4,6-8H2,(H,18,19,20,21)/t11-/m1/s1. The highest BCUT2D eigenvalue weighted by Crippen LogP contribution is 2.28. The van der Waals surface area contributed by atoms with Gasteiger partial charge in [0.1, 0.15) is 18.3 Å². The molecule has 1 aromatic heterocycles. The van der Waals surface area contributed by atoms with Crippen LogP contribution in [0.4, 0.5) is 20.6 Å². The van der Waals surface area contributed by atoms with Crippen LogP contribution in [0.2, 0.25) is 0 Å². The number of hydrogen-bond acceptors (Lipinski definition) is 9. The van der Waals surface area contributed by atoms with E-state index >= 15 is 0 Å². The molecule has 0 unspecified atom stereocenters. The summed E-state index contributed by atoms with van der Waals surface area (Å²) in [4.78, 5) is 14.8. The number of cyclic esters (lactones) is 1. The summed E-state index contributed by atoms with van der Waals surface area (Å²) in [5, 5.41) is 28.7. The van der Waals surface area contributed by atoms with Crippen molar-refractivity contribution in [3.63, 3.8) is 0 Å². The summed E-state index contributed by atoms with van der Waals surface area (Å²) in [6, 6.07) is 4.50. The maximum Gasteiger partial charge on any atom is 0.414 e. The number of aliphatic hydroxyl groups is 1. The Morgan fingerprint density at radius 2 is 2.26 bits per heavy atom. The largest absolute Gasteiger partial charge is 0.441 e. The van der Waals surface area contributed by atoms with Crippen LogP contribution >= 0.6 is 0 Å². The molecule has 3 heterocycles. The molecule has 27 heavy (non-hydrogen) atoms. The number of tetrazole rings is 1. The number of nitrogens with zero attached hydrogens (tertiary/aromatic N) is 7. The Bertz CT molecular complexity index is 846. The van der Waals surface area contributed by atoms with Crippen LogP contribution in [0.5, 0.6) is 0 Å². The monoisotopic (exact) mass is 376 g/mol. The van der Waals surface area contributed by atoms with E-state index in [2.05, 4.69) is 25.7 Å². The third kappa shape index (κ3) is 3.51. The molecule has 12 heteroatoms. The van der Waals surface area contributed by atoms with Gasteiger partial charge in [0.15, 0.2) is 5.82 Å². The van der Waals surface area contributed by atoms with Crippen molar-refractivity contribution in [1.82, 2.24) is 25.6 Å². The van der Waals surface area contributed by atoms with Gasteiger partial charge in [0, 0.05) is 6.54 Å². The van der Waals surface area contributed by atoms with Crippen LogP contribution in [0.1, 0.15) is 5.82 Å². The summed E-state index contributed by atoms with van der Waals surface area (Å²) >= 11 is 0. The molecule has 0 bridgehead atoms. The Morgan fingerprint density at radius 1 is 1.37 bits per heavy atom. The number of benzene rings is 1. The third-order valence-corrected chi connectivity index (χ3v) is 4.30. The second-order valence-electron chi connectivity index (χ2n) is 6.08. The van der Waals surface area contributed by atoms with E-state index in [4.69, 9.17) is 9.84 Å². The molecule has 0 aliphatic carbocycles. The van der Waals surface area contributed by atoms with Gasteiger partial charge >= 0.3 is 6.09 Å². The lowest BCUT2D eigenvalue weighted by atomic mass is 10.2. The van der Waals surface area contributed by atoms with Gasteiger partial charge in [-0.15, -0.1) is 10.2 Å². The average molecular weight is 376 g/mol. The number of rotatable bonds is 5. The summed E-state index contributed by atoms with van der Waals surface area (Å²) < 4.78 is 19.6. The molecule has 0 radical (unpaired) electrons. The molecule has 2 aromatic rings. The predicted molar refractivity (Wildman–Crippen MR) is 91.5 cm³/mol. The number of carbonyl (C=O) groups is 1. The highest BCUT2D eigenvalue weighted by Gasteiger charge is 2.32. The molecule has 2 aliphatic rings. The average Bonchev–Trinajstić information content (AvgIpc) is 3.32. The fourth-order valence-electron chi connectivity index (χ4n) is 2.91. The van der Waals surface area contributed by atoms with Crippen molar-refractivity contribution < 1.29 is 19.0 Å². The predicted octanol–water partition coefficient (Wildman–Crippen LogP) is -0.0782. The number of aromatic nitrogens is 4. The van der Waals surface area contributed by atoms with E-state index < -0.39 is 18.0 Å². The summed E-state index contributed by atoms with van der Waals surface area (Å²) in [5.41, 5.74) is 0.734. The molecule has 11 nitrogen and oxygen atoms in total. The third-order valence-electron chi connectivity index (χ3n) is 4.30. The molecule has 1 amide bonds. The van der Waals surface area contributed by atoms with Crippen molar-refractivity contribution in [1.29, 1.82) is 0 Å². The summed E-state index contributed by atoms with van der Waals surface area (Å²) in [7, 11) is 0. The SMILES string of the molecule is O=C1O[C@@H](CO)CN1c1ccc(N2C=NN(Cc3nn[nH]n3)CC2)c(F)c1. The first-order chi connectivity index (χ1) is 13.1. The van der Waals surface area contributed by atoms with Crippen LogP contribution < -0.4 is 9.80 Å². The number of ether oxygens (including phenoxy) is 1. The number of aromatic amines is 1. The zero-order valence-electron chi connectivity index (χ0n) is 14.2. The number of nitrogens with one attached hydrogen (secondary N) is 1. The molecular weight excluding hydrogens is 359 g/mol. The van der Waals surface area contributed by atoms with Gasteiger partial charge in [-0.3, -0.25) is 9.91 Å². The van der Waals surface area contributed by atoms with Gasteiger partial charge in [-0.25, -0.2) is 9.18 Å². The van der Waals surface area contributed by atoms with Crippen LogP contribution in [0.3, 0.4) is 0 Å². The molecule has 0 saturated carbocycles. The van der Waals surface area contributed by atoms with Crippen molar-refractivity contribution in [2.75, 3.05) is 36.0 Å². The molecule has 1 fully saturated rings. The van der Waals surface area contributed by atoms with Crippen molar-refractivity contribution in [2.45, 2.75) is 12.6 Å². The van der Waals surface area contributed by atoms with Crippen LogP contribution in [0, 0.1) is 5.82 Å². The fourth-order valence-corrected chi connectivity index (χ4v) is 2.91. The number of amides is 1. The maximum absolute atomic E-state index is 14.6. The number of H-pyrrole nitrogens is 1. The molecule has 4 rings (SSSR count). The molecule has 2 N–H and O–H groups in total. The lowest BCUT2D eigenvalue weighted by molar-refractivity contribution is 0.0963. The first kappa shape index (κ1) is 17.1. The number of halogens is 1. The lowest BCUT2D eigenvalue weighted by Gasteiger charge is -2.29. The Labute approximate surface area is 153 Å². The molecular formula is C15H17FN8O3. The quantitative estimate of drug-likeness (QED) is 0.743. The number of anilines is 2. The normalized spacial score (nSPS) is 19.7. The second kappa shape index (κ2) is 7.15. The summed E-state index contributed by atoms with van der Waals surface area (Å²) in [5.74, 6) is 0.0423. The molecule has 0 spiro atoms. The minimum atomic E-state index is -0.599. The Kier molecular flexibility index (Phi) is 4.54. The minimum Gasteiger partial charge on any atom is -0.441 e. The molecule has 1 atom stereocenters. The summed E-state index contributed by atoms with van der Waals surface area (Å²) in [6.07, 6.45) is 0.339. The Morgan fingerprint density at radius 3 is 2.89 bits per heavy atom. The number of hydrazone groups is 1. The van der Waals surface area contributed by atoms with Gasteiger partial charge in [-0.1, -0.05) is 5.21 Å². The van der Waals surface area contributed by atoms with Crippen LogP contribution in [0.15, 0.2) is 23.3 Å². The second-order valence-corrected chi connectivity index (χ2v) is 6.08. The highest BCUT2D eigenvalue weighted by atomic mass is 19.1.